The van der Waals surface area contributed by atoms with Gasteiger partial charge in [0.1, 0.15) is 0 Å². The summed E-state index contributed by atoms with van der Waals surface area (Å²) in [7, 11) is 0. The third kappa shape index (κ3) is 3.72. The number of anilines is 1. The van der Waals surface area contributed by atoms with E-state index in [4.69, 9.17) is 11.6 Å². The lowest BCUT2D eigenvalue weighted by Gasteiger charge is -2.16. The second kappa shape index (κ2) is 6.08. The van der Waals surface area contributed by atoms with Crippen LogP contribution in [0.25, 0.3) is 0 Å². The molecule has 0 bridgehead atoms. The van der Waals surface area contributed by atoms with Crippen molar-refractivity contribution >= 4 is 39.2 Å². The quantitative estimate of drug-likeness (QED) is 0.870. The van der Waals surface area contributed by atoms with Gasteiger partial charge in [-0.15, -0.1) is 0 Å². The number of benzene rings is 2. The number of carbonyl (C=O) groups is 1. The van der Waals surface area contributed by atoms with E-state index in [1.807, 2.05) is 24.3 Å². The van der Waals surface area contributed by atoms with Gasteiger partial charge in [0, 0.05) is 15.2 Å². The summed E-state index contributed by atoms with van der Waals surface area (Å²) in [6.45, 7) is 0. The average molecular weight is 341 g/mol. The van der Waals surface area contributed by atoms with E-state index in [0.717, 1.165) is 10.2 Å². The van der Waals surface area contributed by atoms with Crippen molar-refractivity contribution < 1.29 is 9.90 Å². The minimum atomic E-state index is -0.956. The van der Waals surface area contributed by atoms with Gasteiger partial charge in [-0.25, -0.2) is 4.79 Å². The number of rotatable bonds is 4. The van der Waals surface area contributed by atoms with Crippen molar-refractivity contribution in [2.45, 2.75) is 6.04 Å². The Labute approximate surface area is 124 Å². The van der Waals surface area contributed by atoms with Gasteiger partial charge in [0.05, 0.1) is 0 Å². The minimum Gasteiger partial charge on any atom is -0.479 e. The highest BCUT2D eigenvalue weighted by atomic mass is 79.9. The van der Waals surface area contributed by atoms with Crippen LogP contribution in [-0.4, -0.2) is 11.1 Å². The topological polar surface area (TPSA) is 49.3 Å². The van der Waals surface area contributed by atoms with Gasteiger partial charge in [-0.2, -0.15) is 0 Å². The number of hydrogen-bond donors (Lipinski definition) is 2. The van der Waals surface area contributed by atoms with E-state index in [0.29, 0.717) is 10.6 Å². The SMILES string of the molecule is O=C(O)C(Nc1cccc(Br)c1)c1cccc(Cl)c1. The highest BCUT2D eigenvalue weighted by molar-refractivity contribution is 9.10. The molecule has 0 aliphatic carbocycles. The van der Waals surface area contributed by atoms with Crippen molar-refractivity contribution in [2.75, 3.05) is 5.32 Å². The molecule has 0 aromatic heterocycles. The molecule has 2 rings (SSSR count). The van der Waals surface area contributed by atoms with Gasteiger partial charge in [-0.3, -0.25) is 0 Å². The first kappa shape index (κ1) is 13.9. The van der Waals surface area contributed by atoms with E-state index in [-0.39, 0.29) is 0 Å². The van der Waals surface area contributed by atoms with Gasteiger partial charge in [0.25, 0.3) is 0 Å². The van der Waals surface area contributed by atoms with Crippen molar-refractivity contribution in [1.29, 1.82) is 0 Å². The zero-order chi connectivity index (χ0) is 13.8. The molecule has 1 atom stereocenters. The molecule has 0 saturated carbocycles. The van der Waals surface area contributed by atoms with Crippen LogP contribution in [0.4, 0.5) is 5.69 Å². The van der Waals surface area contributed by atoms with Crippen molar-refractivity contribution in [3.8, 4) is 0 Å². The van der Waals surface area contributed by atoms with Crippen LogP contribution in [0.1, 0.15) is 11.6 Å². The molecule has 0 saturated heterocycles. The Morgan fingerprint density at radius 2 is 1.95 bits per heavy atom. The molecule has 0 fully saturated rings. The maximum Gasteiger partial charge on any atom is 0.330 e. The van der Waals surface area contributed by atoms with Crippen molar-refractivity contribution in [2.24, 2.45) is 0 Å². The van der Waals surface area contributed by atoms with Crippen LogP contribution < -0.4 is 5.32 Å². The second-order valence-corrected chi connectivity index (χ2v) is 5.33. The van der Waals surface area contributed by atoms with Crippen LogP contribution in [-0.2, 0) is 4.79 Å². The summed E-state index contributed by atoms with van der Waals surface area (Å²) >= 11 is 9.24. The van der Waals surface area contributed by atoms with E-state index in [1.165, 1.54) is 0 Å². The van der Waals surface area contributed by atoms with E-state index in [9.17, 15) is 9.90 Å². The molecule has 3 nitrogen and oxygen atoms in total. The number of carboxylic acids is 1. The van der Waals surface area contributed by atoms with Crippen LogP contribution in [0.2, 0.25) is 5.02 Å². The fourth-order valence-electron chi connectivity index (χ4n) is 1.72. The van der Waals surface area contributed by atoms with Crippen molar-refractivity contribution in [3.63, 3.8) is 0 Å². The van der Waals surface area contributed by atoms with Crippen LogP contribution in [0, 0.1) is 0 Å². The number of carboxylic acid groups (broad SMARTS) is 1. The van der Waals surface area contributed by atoms with E-state index in [2.05, 4.69) is 21.2 Å². The molecule has 1 unspecified atom stereocenters. The fraction of sp³-hybridized carbons (Fsp3) is 0.0714. The molecule has 0 amide bonds. The standard InChI is InChI=1S/C14H11BrClNO2/c15-10-4-2-6-12(8-10)17-13(14(18)19)9-3-1-5-11(16)7-9/h1-8,13,17H,(H,18,19). The predicted octanol–water partition coefficient (Wildman–Crippen LogP) is 4.34. The molecule has 0 radical (unpaired) electrons. The van der Waals surface area contributed by atoms with E-state index >= 15 is 0 Å². The lowest BCUT2D eigenvalue weighted by molar-refractivity contribution is -0.138. The third-order valence-corrected chi connectivity index (χ3v) is 3.29. The molecule has 0 heterocycles. The molecule has 2 aromatic rings. The highest BCUT2D eigenvalue weighted by Gasteiger charge is 2.19. The molecule has 5 heteroatoms. The van der Waals surface area contributed by atoms with Crippen molar-refractivity contribution in [1.82, 2.24) is 0 Å². The first-order valence-electron chi connectivity index (χ1n) is 5.56. The van der Waals surface area contributed by atoms with Gasteiger partial charge in [0.15, 0.2) is 6.04 Å². The number of hydrogen-bond acceptors (Lipinski definition) is 2. The largest absolute Gasteiger partial charge is 0.479 e. The minimum absolute atomic E-state index is 0.514. The molecular formula is C14H11BrClNO2. The third-order valence-electron chi connectivity index (χ3n) is 2.56. The summed E-state index contributed by atoms with van der Waals surface area (Å²) in [6.07, 6.45) is 0. The first-order chi connectivity index (χ1) is 9.06. The predicted molar refractivity (Wildman–Crippen MR) is 79.6 cm³/mol. The zero-order valence-electron chi connectivity index (χ0n) is 9.81. The van der Waals surface area contributed by atoms with E-state index in [1.54, 1.807) is 24.3 Å². The van der Waals surface area contributed by atoms with Gasteiger partial charge in [-0.05, 0) is 35.9 Å². The maximum atomic E-state index is 11.4. The van der Waals surface area contributed by atoms with Crippen molar-refractivity contribution in [3.05, 3.63) is 63.6 Å². The average Bonchev–Trinajstić information content (AvgIpc) is 2.35. The Morgan fingerprint density at radius 3 is 2.58 bits per heavy atom. The lowest BCUT2D eigenvalue weighted by atomic mass is 10.1. The van der Waals surface area contributed by atoms with Crippen LogP contribution >= 0.6 is 27.5 Å². The fourth-order valence-corrected chi connectivity index (χ4v) is 2.32. The molecule has 98 valence electrons. The summed E-state index contributed by atoms with van der Waals surface area (Å²) in [5, 5.41) is 12.8. The normalized spacial score (nSPS) is 11.9. The Morgan fingerprint density at radius 1 is 1.21 bits per heavy atom. The molecule has 0 aliphatic heterocycles. The van der Waals surface area contributed by atoms with E-state index < -0.39 is 12.0 Å². The molecule has 19 heavy (non-hydrogen) atoms. The summed E-state index contributed by atoms with van der Waals surface area (Å²) < 4.78 is 0.882. The van der Waals surface area contributed by atoms with Gasteiger partial charge < -0.3 is 10.4 Å². The smallest absolute Gasteiger partial charge is 0.330 e. The monoisotopic (exact) mass is 339 g/mol. The highest BCUT2D eigenvalue weighted by Crippen LogP contribution is 2.24. The number of nitrogens with one attached hydrogen (secondary N) is 1. The summed E-state index contributed by atoms with van der Waals surface area (Å²) in [5.74, 6) is -0.956. The number of aliphatic carboxylic acids is 1. The Balaban J connectivity index is 2.29. The Bertz CT molecular complexity index is 604. The molecule has 2 N–H and O–H groups in total. The van der Waals surface area contributed by atoms with Gasteiger partial charge in [-0.1, -0.05) is 45.7 Å². The maximum absolute atomic E-state index is 11.4. The molecular weight excluding hydrogens is 330 g/mol. The first-order valence-corrected chi connectivity index (χ1v) is 6.74. The van der Waals surface area contributed by atoms with Crippen LogP contribution in [0.5, 0.6) is 0 Å². The summed E-state index contributed by atoms with van der Waals surface area (Å²) in [6, 6.07) is 13.3. The summed E-state index contributed by atoms with van der Waals surface area (Å²) in [5.41, 5.74) is 1.33. The Kier molecular flexibility index (Phi) is 4.45. The number of halogens is 2. The molecule has 0 spiro atoms. The Hall–Kier alpha value is -1.52. The van der Waals surface area contributed by atoms with Gasteiger partial charge >= 0.3 is 5.97 Å². The molecule has 0 aliphatic rings. The zero-order valence-corrected chi connectivity index (χ0v) is 12.1. The lowest BCUT2D eigenvalue weighted by Crippen LogP contribution is -2.20. The summed E-state index contributed by atoms with van der Waals surface area (Å²) in [4.78, 5) is 11.4. The van der Waals surface area contributed by atoms with Gasteiger partial charge in [0.2, 0.25) is 0 Å². The second-order valence-electron chi connectivity index (χ2n) is 3.98. The molecule has 2 aromatic carbocycles. The van der Waals surface area contributed by atoms with Crippen LogP contribution in [0.3, 0.4) is 0 Å². The van der Waals surface area contributed by atoms with Crippen LogP contribution in [0.15, 0.2) is 53.0 Å².